The van der Waals surface area contributed by atoms with E-state index >= 15 is 0 Å². The van der Waals surface area contributed by atoms with Crippen LogP contribution in [0.2, 0.25) is 0 Å². The number of nitrogens with two attached hydrogens (primary N) is 1. The maximum atomic E-state index is 14.1. The Morgan fingerprint density at radius 1 is 1.00 bits per heavy atom. The van der Waals surface area contributed by atoms with E-state index in [4.69, 9.17) is 5.84 Å². The number of rotatable bonds is 4. The zero-order chi connectivity index (χ0) is 19.7. The molecule has 0 fully saturated rings. The van der Waals surface area contributed by atoms with Gasteiger partial charge in [0, 0.05) is 39.9 Å². The molecule has 0 aliphatic heterocycles. The highest BCUT2D eigenvalue weighted by Gasteiger charge is 2.13. The molecule has 3 aromatic carbocycles. The van der Waals surface area contributed by atoms with Crippen LogP contribution in [-0.4, -0.2) is 10.5 Å². The van der Waals surface area contributed by atoms with Gasteiger partial charge in [-0.3, -0.25) is 10.2 Å². The molecule has 0 spiro atoms. The highest BCUT2D eigenvalue weighted by molar-refractivity contribution is 5.98. The van der Waals surface area contributed by atoms with Gasteiger partial charge in [-0.2, -0.15) is 0 Å². The highest BCUT2D eigenvalue weighted by atomic mass is 19.1. The average Bonchev–Trinajstić information content (AvgIpc) is 3.08. The molecule has 1 heterocycles. The van der Waals surface area contributed by atoms with Gasteiger partial charge >= 0.3 is 0 Å². The van der Waals surface area contributed by atoms with E-state index in [1.165, 1.54) is 12.1 Å². The van der Waals surface area contributed by atoms with Crippen molar-refractivity contribution in [3.8, 4) is 11.1 Å². The molecule has 1 aromatic heterocycles. The van der Waals surface area contributed by atoms with E-state index in [1.807, 2.05) is 47.2 Å². The Bertz CT molecular complexity index is 1170. The van der Waals surface area contributed by atoms with E-state index in [1.54, 1.807) is 12.1 Å². The molecule has 6 heteroatoms. The molecule has 0 atom stereocenters. The molecule has 4 rings (SSSR count). The van der Waals surface area contributed by atoms with Crippen molar-refractivity contribution in [1.29, 1.82) is 0 Å². The molecule has 1 amide bonds. The van der Waals surface area contributed by atoms with Crippen LogP contribution in [0.25, 0.3) is 22.0 Å². The van der Waals surface area contributed by atoms with Gasteiger partial charge in [0.15, 0.2) is 0 Å². The summed E-state index contributed by atoms with van der Waals surface area (Å²) in [5.74, 6) is 3.64. The van der Waals surface area contributed by atoms with Crippen molar-refractivity contribution in [3.05, 3.63) is 95.7 Å². The first-order valence-corrected chi connectivity index (χ1v) is 8.70. The van der Waals surface area contributed by atoms with E-state index in [0.29, 0.717) is 11.1 Å². The molecule has 3 N–H and O–H groups in total. The van der Waals surface area contributed by atoms with Gasteiger partial charge in [0.2, 0.25) is 0 Å². The standard InChI is InChI=1S/C22H17F2N3O/c23-17-10-9-16(20(24)11-17)12-27-13-19(18-3-1-2-4-21(18)27)14-5-7-15(8-6-14)22(28)26-25/h1-11,13H,12,25H2,(H,26,28). The number of carbonyl (C=O) groups excluding carboxylic acids is 1. The van der Waals surface area contributed by atoms with Gasteiger partial charge in [-0.15, -0.1) is 0 Å². The van der Waals surface area contributed by atoms with Crippen molar-refractivity contribution in [2.24, 2.45) is 5.84 Å². The molecule has 28 heavy (non-hydrogen) atoms. The maximum absolute atomic E-state index is 14.1. The number of hydrazine groups is 1. The lowest BCUT2D eigenvalue weighted by Gasteiger charge is -2.07. The quantitative estimate of drug-likeness (QED) is 0.318. The van der Waals surface area contributed by atoms with Crippen LogP contribution in [0.1, 0.15) is 15.9 Å². The van der Waals surface area contributed by atoms with Crippen molar-refractivity contribution in [2.45, 2.75) is 6.54 Å². The molecule has 4 nitrogen and oxygen atoms in total. The summed E-state index contributed by atoms with van der Waals surface area (Å²) in [7, 11) is 0. The highest BCUT2D eigenvalue weighted by Crippen LogP contribution is 2.31. The second-order valence-electron chi connectivity index (χ2n) is 6.47. The summed E-state index contributed by atoms with van der Waals surface area (Å²) < 4.78 is 29.2. The second-order valence-corrected chi connectivity index (χ2v) is 6.47. The van der Waals surface area contributed by atoms with E-state index in [9.17, 15) is 13.6 Å². The third-order valence-electron chi connectivity index (χ3n) is 4.73. The molecule has 0 bridgehead atoms. The number of hydrogen-bond donors (Lipinski definition) is 2. The molecule has 0 aliphatic carbocycles. The number of amides is 1. The largest absolute Gasteiger partial charge is 0.342 e. The summed E-state index contributed by atoms with van der Waals surface area (Å²) in [4.78, 5) is 11.6. The van der Waals surface area contributed by atoms with Gasteiger partial charge in [-0.25, -0.2) is 14.6 Å². The van der Waals surface area contributed by atoms with Crippen LogP contribution in [0.3, 0.4) is 0 Å². The lowest BCUT2D eigenvalue weighted by molar-refractivity contribution is 0.0953. The first kappa shape index (κ1) is 17.9. The lowest BCUT2D eigenvalue weighted by atomic mass is 10.0. The number of para-hydroxylation sites is 1. The van der Waals surface area contributed by atoms with Gasteiger partial charge in [0.25, 0.3) is 5.91 Å². The number of carbonyl (C=O) groups is 1. The van der Waals surface area contributed by atoms with E-state index in [-0.39, 0.29) is 12.5 Å². The van der Waals surface area contributed by atoms with E-state index in [0.717, 1.165) is 28.1 Å². The Hall–Kier alpha value is -3.51. The number of nitrogens with zero attached hydrogens (tertiary/aromatic N) is 1. The Morgan fingerprint density at radius 3 is 2.46 bits per heavy atom. The third-order valence-corrected chi connectivity index (χ3v) is 4.73. The Balaban J connectivity index is 1.77. The van der Waals surface area contributed by atoms with E-state index in [2.05, 4.69) is 5.43 Å². The molecular formula is C22H17F2N3O. The van der Waals surface area contributed by atoms with Crippen LogP contribution in [-0.2, 0) is 6.54 Å². The third kappa shape index (κ3) is 3.25. The number of nitrogen functional groups attached to an aromatic ring is 1. The Morgan fingerprint density at radius 2 is 1.75 bits per heavy atom. The van der Waals surface area contributed by atoms with Crippen molar-refractivity contribution in [2.75, 3.05) is 0 Å². The molecule has 0 unspecified atom stereocenters. The monoisotopic (exact) mass is 377 g/mol. The predicted molar refractivity (Wildman–Crippen MR) is 104 cm³/mol. The van der Waals surface area contributed by atoms with Crippen molar-refractivity contribution < 1.29 is 13.6 Å². The summed E-state index contributed by atoms with van der Waals surface area (Å²) >= 11 is 0. The second kappa shape index (κ2) is 7.25. The lowest BCUT2D eigenvalue weighted by Crippen LogP contribution is -2.29. The zero-order valence-corrected chi connectivity index (χ0v) is 14.8. The van der Waals surface area contributed by atoms with Gasteiger partial charge in [-0.05, 0) is 29.8 Å². The minimum Gasteiger partial charge on any atom is -0.342 e. The number of nitrogens with one attached hydrogen (secondary N) is 1. The summed E-state index contributed by atoms with van der Waals surface area (Å²) in [6.45, 7) is 0.278. The first-order valence-electron chi connectivity index (χ1n) is 8.70. The summed E-state index contributed by atoms with van der Waals surface area (Å²) in [5.41, 5.74) is 5.78. The Labute approximate surface area is 160 Å². The first-order chi connectivity index (χ1) is 13.6. The smallest absolute Gasteiger partial charge is 0.265 e. The topological polar surface area (TPSA) is 60.0 Å². The number of fused-ring (bicyclic) bond motifs is 1. The molecule has 0 saturated heterocycles. The van der Waals surface area contributed by atoms with Crippen LogP contribution in [0, 0.1) is 11.6 Å². The maximum Gasteiger partial charge on any atom is 0.265 e. The number of halogens is 2. The van der Waals surface area contributed by atoms with Gasteiger partial charge in [0.05, 0.1) is 6.54 Å². The zero-order valence-electron chi connectivity index (χ0n) is 14.8. The van der Waals surface area contributed by atoms with Crippen LogP contribution in [0.4, 0.5) is 8.78 Å². The normalized spacial score (nSPS) is 11.0. The molecule has 4 aromatic rings. The fourth-order valence-corrected chi connectivity index (χ4v) is 3.33. The Kier molecular flexibility index (Phi) is 4.63. The van der Waals surface area contributed by atoms with Gasteiger partial charge in [-0.1, -0.05) is 36.4 Å². The molecule has 0 saturated carbocycles. The van der Waals surface area contributed by atoms with Crippen LogP contribution in [0.15, 0.2) is 72.9 Å². The minimum atomic E-state index is -0.596. The minimum absolute atomic E-state index is 0.278. The molecule has 0 aliphatic rings. The summed E-state index contributed by atoms with van der Waals surface area (Å²) in [5, 5.41) is 1.00. The van der Waals surface area contributed by atoms with Crippen LogP contribution >= 0.6 is 0 Å². The van der Waals surface area contributed by atoms with Gasteiger partial charge < -0.3 is 4.57 Å². The predicted octanol–water partition coefficient (Wildman–Crippen LogP) is 4.24. The van der Waals surface area contributed by atoms with Crippen LogP contribution < -0.4 is 11.3 Å². The van der Waals surface area contributed by atoms with Crippen molar-refractivity contribution in [1.82, 2.24) is 9.99 Å². The fourth-order valence-electron chi connectivity index (χ4n) is 3.33. The molecule has 140 valence electrons. The fraction of sp³-hybridized carbons (Fsp3) is 0.0455. The summed E-state index contributed by atoms with van der Waals surface area (Å²) in [6.07, 6.45) is 1.94. The van der Waals surface area contributed by atoms with Crippen molar-refractivity contribution in [3.63, 3.8) is 0 Å². The molecular weight excluding hydrogens is 360 g/mol. The number of aromatic nitrogens is 1. The summed E-state index contributed by atoms with van der Waals surface area (Å²) in [6, 6.07) is 18.5. The molecule has 0 radical (unpaired) electrons. The average molecular weight is 377 g/mol. The van der Waals surface area contributed by atoms with E-state index < -0.39 is 11.6 Å². The number of hydrogen-bond acceptors (Lipinski definition) is 2. The van der Waals surface area contributed by atoms with Crippen molar-refractivity contribution >= 4 is 16.8 Å². The van der Waals surface area contributed by atoms with Crippen LogP contribution in [0.5, 0.6) is 0 Å². The number of benzene rings is 3. The van der Waals surface area contributed by atoms with Gasteiger partial charge in [0.1, 0.15) is 11.6 Å². The SMILES string of the molecule is NNC(=O)c1ccc(-c2cn(Cc3ccc(F)cc3F)c3ccccc23)cc1.